The number of methoxy groups -OCH3 is 4. The Morgan fingerprint density at radius 3 is 2.19 bits per heavy atom. The fourth-order valence-corrected chi connectivity index (χ4v) is 5.45. The molecule has 0 spiro atoms. The molecule has 258 valence electrons. The quantitative estimate of drug-likeness (QED) is 0.135. The maximum atomic E-state index is 12.0. The molecule has 0 aliphatic carbocycles. The molecule has 5 N–H and O–H groups in total. The monoisotopic (exact) mass is 662 g/mol. The Balaban J connectivity index is 1.46. The third-order valence-electron chi connectivity index (χ3n) is 7.96. The highest BCUT2D eigenvalue weighted by Gasteiger charge is 2.45. The van der Waals surface area contributed by atoms with E-state index in [0.29, 0.717) is 45.4 Å². The van der Waals surface area contributed by atoms with Crippen LogP contribution in [-0.2, 0) is 19.0 Å². The Hall–Kier alpha value is -3.89. The third-order valence-corrected chi connectivity index (χ3v) is 7.96. The van der Waals surface area contributed by atoms with Crippen molar-refractivity contribution in [2.24, 2.45) is 0 Å². The number of aliphatic hydroxyl groups excluding tert-OH is 5. The van der Waals surface area contributed by atoms with Gasteiger partial charge in [0.05, 0.1) is 47.6 Å². The minimum absolute atomic E-state index is 0.0177. The molecule has 47 heavy (non-hydrogen) atoms. The molecule has 0 amide bonds. The normalized spacial score (nSPS) is 25.2. The second kappa shape index (κ2) is 16.3. The summed E-state index contributed by atoms with van der Waals surface area (Å²) < 4.78 is 44.7. The van der Waals surface area contributed by atoms with Crippen LogP contribution in [-0.4, -0.2) is 117 Å². The molecule has 2 aromatic carbocycles. The highest BCUT2D eigenvalue weighted by Crippen LogP contribution is 2.52. The van der Waals surface area contributed by atoms with Gasteiger partial charge in [-0.1, -0.05) is 18.7 Å². The molecule has 0 aromatic heterocycles. The fraction of sp³-hybridized carbons (Fsp3) is 0.485. The molecule has 2 aromatic rings. The molecule has 2 heterocycles. The molecule has 0 unspecified atom stereocenters. The first-order valence-corrected chi connectivity index (χ1v) is 14.8. The zero-order valence-corrected chi connectivity index (χ0v) is 26.7. The first kappa shape index (κ1) is 36.0. The number of ether oxygens (including phenoxy) is 8. The van der Waals surface area contributed by atoms with Crippen molar-refractivity contribution >= 4 is 12.0 Å². The van der Waals surface area contributed by atoms with Gasteiger partial charge in [-0.2, -0.15) is 0 Å². The van der Waals surface area contributed by atoms with Crippen molar-refractivity contribution in [1.29, 1.82) is 0 Å². The number of esters is 1. The van der Waals surface area contributed by atoms with Gasteiger partial charge < -0.3 is 63.4 Å². The summed E-state index contributed by atoms with van der Waals surface area (Å²) in [6, 6.07) is 7.15. The number of benzene rings is 2. The Kier molecular flexibility index (Phi) is 12.5. The van der Waals surface area contributed by atoms with Crippen LogP contribution in [0, 0.1) is 0 Å². The lowest BCUT2D eigenvalue weighted by molar-refractivity contribution is -0.299. The Morgan fingerprint density at radius 1 is 0.915 bits per heavy atom. The van der Waals surface area contributed by atoms with Gasteiger partial charge in [-0.15, -0.1) is 0 Å². The van der Waals surface area contributed by atoms with Crippen LogP contribution in [0.15, 0.2) is 42.5 Å². The second-order valence-corrected chi connectivity index (χ2v) is 10.9. The van der Waals surface area contributed by atoms with Crippen molar-refractivity contribution in [2.75, 3.05) is 54.9 Å². The summed E-state index contributed by atoms with van der Waals surface area (Å²) in [4.78, 5) is 12.0. The molecule has 14 nitrogen and oxygen atoms in total. The molecule has 1 saturated heterocycles. The highest BCUT2D eigenvalue weighted by atomic mass is 16.7. The first-order valence-electron chi connectivity index (χ1n) is 14.8. The lowest BCUT2D eigenvalue weighted by atomic mass is 9.90. The predicted octanol–water partition coefficient (Wildman–Crippen LogP) is 1.25. The number of carbonyl (C=O) groups is 1. The Labute approximate surface area is 272 Å². The van der Waals surface area contributed by atoms with Crippen LogP contribution in [0.3, 0.4) is 0 Å². The van der Waals surface area contributed by atoms with Crippen LogP contribution in [0.2, 0.25) is 0 Å². The van der Waals surface area contributed by atoms with E-state index in [2.05, 4.69) is 6.58 Å². The molecule has 14 heteroatoms. The zero-order valence-electron chi connectivity index (χ0n) is 26.7. The van der Waals surface area contributed by atoms with Crippen LogP contribution in [0.25, 0.3) is 6.08 Å². The van der Waals surface area contributed by atoms with Crippen molar-refractivity contribution in [3.8, 4) is 28.7 Å². The topological polar surface area (TPSA) is 192 Å². The number of aliphatic hydroxyl groups is 5. The molecule has 7 atom stereocenters. The third kappa shape index (κ3) is 7.81. The first-order chi connectivity index (χ1) is 22.6. The zero-order chi connectivity index (χ0) is 34.2. The molecule has 2 aliphatic heterocycles. The Morgan fingerprint density at radius 2 is 1.60 bits per heavy atom. The molecule has 2 aliphatic rings. The van der Waals surface area contributed by atoms with Gasteiger partial charge >= 0.3 is 5.97 Å². The number of hydrogen-bond donors (Lipinski definition) is 5. The van der Waals surface area contributed by atoms with Gasteiger partial charge in [-0.3, -0.25) is 0 Å². The van der Waals surface area contributed by atoms with Gasteiger partial charge in [0.15, 0.2) is 29.3 Å². The lowest BCUT2D eigenvalue weighted by Crippen LogP contribution is -2.59. The smallest absolute Gasteiger partial charge is 0.333 e. The number of rotatable bonds is 15. The van der Waals surface area contributed by atoms with E-state index in [0.717, 1.165) is 0 Å². The van der Waals surface area contributed by atoms with Crippen molar-refractivity contribution in [1.82, 2.24) is 0 Å². The molecule has 0 radical (unpaired) electrons. The molecular weight excluding hydrogens is 620 g/mol. The number of fused-ring (bicyclic) bond motifs is 1. The van der Waals surface area contributed by atoms with Crippen LogP contribution in [0.4, 0.5) is 0 Å². The SMILES string of the molecule is C=C(CCO)C(=O)OC[C@H]1O[C@@H](OCC=Cc2cc(OC)c3c(c2)[C@@H](CO)[C@H](c2cc(OC)c(OC)c(OC)c2)O3)[C@H](O)[C@@H](O)[C@@H]1O. The molecule has 0 saturated carbocycles. The highest BCUT2D eigenvalue weighted by molar-refractivity contribution is 5.87. The van der Waals surface area contributed by atoms with Crippen molar-refractivity contribution in [3.05, 3.63) is 59.2 Å². The van der Waals surface area contributed by atoms with Crippen molar-refractivity contribution in [2.45, 2.75) is 49.1 Å². The summed E-state index contributed by atoms with van der Waals surface area (Å²) in [7, 11) is 6.05. The van der Waals surface area contributed by atoms with E-state index in [1.807, 2.05) is 6.07 Å². The second-order valence-electron chi connectivity index (χ2n) is 10.9. The lowest BCUT2D eigenvalue weighted by Gasteiger charge is -2.39. The van der Waals surface area contributed by atoms with Gasteiger partial charge in [0, 0.05) is 29.7 Å². The van der Waals surface area contributed by atoms with Crippen LogP contribution in [0.5, 0.6) is 28.7 Å². The van der Waals surface area contributed by atoms with Crippen molar-refractivity contribution < 1.29 is 68.2 Å². The van der Waals surface area contributed by atoms with Gasteiger partial charge in [-0.25, -0.2) is 4.79 Å². The van der Waals surface area contributed by atoms with Crippen molar-refractivity contribution in [3.63, 3.8) is 0 Å². The molecule has 0 bridgehead atoms. The molecule has 1 fully saturated rings. The van der Waals surface area contributed by atoms with Gasteiger partial charge in [0.1, 0.15) is 37.1 Å². The van der Waals surface area contributed by atoms with Gasteiger partial charge in [0.25, 0.3) is 0 Å². The Bertz CT molecular complexity index is 1400. The summed E-state index contributed by atoms with van der Waals surface area (Å²) in [6.07, 6.45) is -4.49. The minimum atomic E-state index is -1.63. The number of hydrogen-bond acceptors (Lipinski definition) is 14. The summed E-state index contributed by atoms with van der Waals surface area (Å²) in [5.74, 6) is 0.993. The van der Waals surface area contributed by atoms with Gasteiger partial charge in [-0.05, 0) is 29.8 Å². The average molecular weight is 663 g/mol. The summed E-state index contributed by atoms with van der Waals surface area (Å²) in [5.41, 5.74) is 2.15. The van der Waals surface area contributed by atoms with Crippen LogP contribution < -0.4 is 23.7 Å². The van der Waals surface area contributed by atoms with Crippen LogP contribution in [0.1, 0.15) is 35.1 Å². The van der Waals surface area contributed by atoms with E-state index >= 15 is 0 Å². The maximum absolute atomic E-state index is 12.0. The summed E-state index contributed by atoms with van der Waals surface area (Å²) >= 11 is 0. The maximum Gasteiger partial charge on any atom is 0.333 e. The van der Waals surface area contributed by atoms with E-state index in [4.69, 9.17) is 43.0 Å². The average Bonchev–Trinajstić information content (AvgIpc) is 3.46. The molecular formula is C33H42O14. The fourth-order valence-electron chi connectivity index (χ4n) is 5.45. The van der Waals surface area contributed by atoms with E-state index in [9.17, 15) is 25.2 Å². The summed E-state index contributed by atoms with van der Waals surface area (Å²) in [6.45, 7) is 2.49. The van der Waals surface area contributed by atoms with E-state index in [1.165, 1.54) is 28.4 Å². The minimum Gasteiger partial charge on any atom is -0.493 e. The molecule has 4 rings (SSSR count). The standard InChI is InChI=1S/C33H42O14/c1-17(8-9-34)32(39)45-16-25-26(36)27(37)28(38)33(46-25)44-10-6-7-18-11-20-21(15-35)29(47-30(20)22(12-18)40-2)19-13-23(41-3)31(43-5)24(14-19)42-4/h6-7,11-14,21,25-29,33-38H,1,8-10,15-16H2,2-5H3/t21-,25-,26-,27+,28-,29+,33-/m1/s1. The van der Waals surface area contributed by atoms with Crippen LogP contribution >= 0.6 is 0 Å². The number of carbonyl (C=O) groups excluding carboxylic acids is 1. The van der Waals surface area contributed by atoms with E-state index < -0.39 is 55.3 Å². The largest absolute Gasteiger partial charge is 0.493 e. The van der Waals surface area contributed by atoms with E-state index in [1.54, 1.807) is 30.4 Å². The predicted molar refractivity (Wildman–Crippen MR) is 166 cm³/mol. The summed E-state index contributed by atoms with van der Waals surface area (Å²) in [5, 5.41) is 50.5. The van der Waals surface area contributed by atoms with E-state index in [-0.39, 0.29) is 31.8 Å². The van der Waals surface area contributed by atoms with Gasteiger partial charge in [0.2, 0.25) is 5.75 Å².